The Kier molecular flexibility index (Phi) is 10.2. The molecule has 1 aliphatic rings. The van der Waals surface area contributed by atoms with Crippen LogP contribution >= 0.6 is 19.3 Å². The SMILES string of the molecule is CC(C)OC(=O)[C@H](C)NP(=O)(OCCN(C)C(=O)c1n[nH]c2c1CN(C(=O)c1cc3c(Cl)cccc3[nH]1)CC2)Oc1ccccc1. The molecule has 13 nitrogen and oxygen atoms in total. The van der Waals surface area contributed by atoms with Gasteiger partial charge in [-0.05, 0) is 51.1 Å². The minimum atomic E-state index is -4.09. The minimum Gasteiger partial charge on any atom is -0.462 e. The number of hydrogen-bond acceptors (Lipinski definition) is 8. The molecule has 0 spiro atoms. The van der Waals surface area contributed by atoms with E-state index < -0.39 is 25.7 Å². The van der Waals surface area contributed by atoms with E-state index in [0.717, 1.165) is 16.6 Å². The first kappa shape index (κ1) is 33.2. The van der Waals surface area contributed by atoms with Gasteiger partial charge in [0.1, 0.15) is 17.5 Å². The predicted octanol–water partition coefficient (Wildman–Crippen LogP) is 4.95. The number of rotatable bonds is 12. The molecule has 0 saturated heterocycles. The zero-order chi connectivity index (χ0) is 33.0. The van der Waals surface area contributed by atoms with Gasteiger partial charge in [0.2, 0.25) is 0 Å². The lowest BCUT2D eigenvalue weighted by molar-refractivity contribution is -0.149. The molecule has 2 amide bonds. The molecule has 0 fully saturated rings. The summed E-state index contributed by atoms with van der Waals surface area (Å²) >= 11 is 6.29. The molecule has 244 valence electrons. The van der Waals surface area contributed by atoms with Crippen molar-refractivity contribution in [2.45, 2.75) is 45.9 Å². The second-order valence-electron chi connectivity index (χ2n) is 11.2. The highest BCUT2D eigenvalue weighted by Gasteiger charge is 2.34. The van der Waals surface area contributed by atoms with Gasteiger partial charge in [0.05, 0.1) is 19.3 Å². The van der Waals surface area contributed by atoms with E-state index in [-0.39, 0.29) is 43.2 Å². The first-order valence-electron chi connectivity index (χ1n) is 14.8. The van der Waals surface area contributed by atoms with E-state index in [9.17, 15) is 18.9 Å². The number of aromatic nitrogens is 3. The molecule has 0 radical (unpaired) electrons. The summed E-state index contributed by atoms with van der Waals surface area (Å²) in [5.41, 5.74) is 2.75. The van der Waals surface area contributed by atoms with E-state index in [0.29, 0.717) is 29.2 Å². The number of ether oxygens (including phenoxy) is 1. The highest BCUT2D eigenvalue weighted by atomic mass is 35.5. The van der Waals surface area contributed by atoms with Gasteiger partial charge in [0.15, 0.2) is 5.69 Å². The van der Waals surface area contributed by atoms with Gasteiger partial charge in [-0.3, -0.25) is 24.0 Å². The smallest absolute Gasteiger partial charge is 0.459 e. The van der Waals surface area contributed by atoms with Gasteiger partial charge < -0.3 is 24.0 Å². The second-order valence-corrected chi connectivity index (χ2v) is 13.3. The van der Waals surface area contributed by atoms with Gasteiger partial charge in [-0.1, -0.05) is 35.9 Å². The number of aromatic amines is 2. The van der Waals surface area contributed by atoms with Crippen molar-refractivity contribution in [1.82, 2.24) is 30.1 Å². The number of hydrogen-bond donors (Lipinski definition) is 3. The molecular formula is C31H36ClN6O7P. The molecule has 1 aliphatic heterocycles. The molecule has 0 aliphatic carbocycles. The molecule has 46 heavy (non-hydrogen) atoms. The third-order valence-corrected chi connectivity index (χ3v) is 9.33. The van der Waals surface area contributed by atoms with E-state index in [1.165, 1.54) is 11.8 Å². The minimum absolute atomic E-state index is 0.0214. The van der Waals surface area contributed by atoms with Crippen LogP contribution in [0.5, 0.6) is 5.75 Å². The van der Waals surface area contributed by atoms with Crippen LogP contribution in [0.1, 0.15) is 53.0 Å². The molecule has 0 bridgehead atoms. The number of benzene rings is 2. The quantitative estimate of drug-likeness (QED) is 0.140. The number of H-pyrrole nitrogens is 2. The molecule has 0 saturated carbocycles. The maximum Gasteiger partial charge on any atom is 0.459 e. The topological polar surface area (TPSA) is 159 Å². The first-order chi connectivity index (χ1) is 21.9. The molecule has 1 unspecified atom stereocenters. The average molecular weight is 671 g/mol. The van der Waals surface area contributed by atoms with Crippen molar-refractivity contribution in [1.29, 1.82) is 0 Å². The molecule has 4 aromatic rings. The number of halogens is 1. The Morgan fingerprint density at radius 3 is 2.61 bits per heavy atom. The van der Waals surface area contributed by atoms with Gasteiger partial charge in [0.25, 0.3) is 11.8 Å². The zero-order valence-electron chi connectivity index (χ0n) is 25.9. The molecule has 2 aromatic heterocycles. The van der Waals surface area contributed by atoms with Crippen molar-refractivity contribution in [3.63, 3.8) is 0 Å². The maximum atomic E-state index is 13.7. The molecule has 15 heteroatoms. The first-order valence-corrected chi connectivity index (χ1v) is 16.7. The van der Waals surface area contributed by atoms with Crippen molar-refractivity contribution in [3.05, 3.63) is 82.3 Å². The number of amides is 2. The van der Waals surface area contributed by atoms with Gasteiger partial charge in [-0.25, -0.2) is 4.57 Å². The normalized spacial score (nSPS) is 14.9. The lowest BCUT2D eigenvalue weighted by atomic mass is 10.0. The Morgan fingerprint density at radius 2 is 1.89 bits per heavy atom. The number of nitrogens with one attached hydrogen (secondary N) is 3. The van der Waals surface area contributed by atoms with E-state index in [1.54, 1.807) is 68.3 Å². The van der Waals surface area contributed by atoms with Crippen LogP contribution in [0.3, 0.4) is 0 Å². The van der Waals surface area contributed by atoms with Crippen LogP contribution in [-0.2, 0) is 31.6 Å². The van der Waals surface area contributed by atoms with E-state index in [2.05, 4.69) is 20.3 Å². The summed E-state index contributed by atoms with van der Waals surface area (Å²) in [7, 11) is -2.53. The van der Waals surface area contributed by atoms with Gasteiger partial charge in [0, 0.05) is 53.7 Å². The van der Waals surface area contributed by atoms with Crippen LogP contribution in [0.2, 0.25) is 5.02 Å². The summed E-state index contributed by atoms with van der Waals surface area (Å²) in [6.07, 6.45) is 0.135. The highest BCUT2D eigenvalue weighted by Crippen LogP contribution is 2.44. The van der Waals surface area contributed by atoms with Gasteiger partial charge in [-0.2, -0.15) is 10.2 Å². The summed E-state index contributed by atoms with van der Waals surface area (Å²) in [4.78, 5) is 45.4. The van der Waals surface area contributed by atoms with Crippen LogP contribution in [0.25, 0.3) is 10.9 Å². The Balaban J connectivity index is 1.23. The number of carbonyl (C=O) groups is 3. The maximum absolute atomic E-state index is 13.7. The van der Waals surface area contributed by atoms with Crippen LogP contribution in [0.4, 0.5) is 0 Å². The van der Waals surface area contributed by atoms with E-state index in [4.69, 9.17) is 25.4 Å². The lowest BCUT2D eigenvalue weighted by Gasteiger charge is -2.27. The van der Waals surface area contributed by atoms with Crippen molar-refractivity contribution in [3.8, 4) is 5.75 Å². The van der Waals surface area contributed by atoms with Gasteiger partial charge >= 0.3 is 13.7 Å². The van der Waals surface area contributed by atoms with Crippen molar-refractivity contribution < 1.29 is 32.7 Å². The summed E-state index contributed by atoms with van der Waals surface area (Å²) in [5, 5.41) is 11.1. The second kappa shape index (κ2) is 14.1. The molecule has 2 atom stereocenters. The fourth-order valence-electron chi connectivity index (χ4n) is 4.96. The molecule has 2 aromatic carbocycles. The summed E-state index contributed by atoms with van der Waals surface area (Å²) in [6, 6.07) is 14.5. The third kappa shape index (κ3) is 7.61. The monoisotopic (exact) mass is 670 g/mol. The fourth-order valence-corrected chi connectivity index (χ4v) is 6.67. The average Bonchev–Trinajstić information content (AvgIpc) is 3.65. The third-order valence-electron chi connectivity index (χ3n) is 7.33. The van der Waals surface area contributed by atoms with Crippen LogP contribution in [-0.4, -0.2) is 81.7 Å². The Labute approximate surface area is 271 Å². The Bertz CT molecular complexity index is 1780. The fraction of sp³-hybridized carbons (Fsp3) is 0.355. The van der Waals surface area contributed by atoms with Crippen LogP contribution < -0.4 is 9.61 Å². The predicted molar refractivity (Wildman–Crippen MR) is 172 cm³/mol. The molecule has 3 heterocycles. The largest absolute Gasteiger partial charge is 0.462 e. The van der Waals surface area contributed by atoms with Crippen molar-refractivity contribution in [2.75, 3.05) is 26.7 Å². The number of para-hydroxylation sites is 1. The summed E-state index contributed by atoms with van der Waals surface area (Å²) < 4.78 is 30.2. The molecular weight excluding hydrogens is 635 g/mol. The van der Waals surface area contributed by atoms with Crippen LogP contribution in [0.15, 0.2) is 54.6 Å². The van der Waals surface area contributed by atoms with Crippen LogP contribution in [0, 0.1) is 0 Å². The molecule has 5 rings (SSSR count). The highest BCUT2D eigenvalue weighted by molar-refractivity contribution is 7.52. The Morgan fingerprint density at radius 1 is 1.13 bits per heavy atom. The van der Waals surface area contributed by atoms with E-state index >= 15 is 0 Å². The zero-order valence-corrected chi connectivity index (χ0v) is 27.6. The van der Waals surface area contributed by atoms with E-state index in [1.807, 2.05) is 12.1 Å². The number of carbonyl (C=O) groups excluding carboxylic acids is 3. The van der Waals surface area contributed by atoms with Crippen molar-refractivity contribution in [2.24, 2.45) is 0 Å². The number of nitrogens with zero attached hydrogens (tertiary/aromatic N) is 3. The standard InChI is InChI=1S/C31H36ClN6O7P/c1-19(2)44-31(41)20(3)36-46(42,45-21-9-6-5-7-10-21)43-16-15-37(4)30(40)28-23-18-38(14-13-26(23)34-35-28)29(39)27-17-22-24(32)11-8-12-25(22)33-27/h5-12,17,19-20,33H,13-16,18H2,1-4H3,(H,34,35)(H,36,42)/t20-,46?/m0/s1. The number of fused-ring (bicyclic) bond motifs is 2. The van der Waals surface area contributed by atoms with Gasteiger partial charge in [-0.15, -0.1) is 0 Å². The Hall–Kier alpha value is -4.16. The number of likely N-dealkylation sites (N-methyl/N-ethyl adjacent to an activating group) is 1. The molecule has 3 N–H and O–H groups in total. The van der Waals surface area contributed by atoms with Crippen molar-refractivity contribution >= 4 is 48.0 Å². The summed E-state index contributed by atoms with van der Waals surface area (Å²) in [5.74, 6) is -0.974. The lowest BCUT2D eigenvalue weighted by Crippen LogP contribution is -2.38. The summed E-state index contributed by atoms with van der Waals surface area (Å²) in [6.45, 7) is 5.38. The number of esters is 1.